The van der Waals surface area contributed by atoms with Crippen molar-refractivity contribution in [3.05, 3.63) is 68.0 Å². The molecule has 0 N–H and O–H groups in total. The second-order valence-corrected chi connectivity index (χ2v) is 7.53. The summed E-state index contributed by atoms with van der Waals surface area (Å²) in [4.78, 5) is 14.3. The number of halogens is 4. The lowest BCUT2D eigenvalue weighted by molar-refractivity contribution is 0.0493. The molecular formula is C19H17F3INO. The van der Waals surface area contributed by atoms with Crippen LogP contribution in [-0.4, -0.2) is 23.9 Å². The zero-order valence-electron chi connectivity index (χ0n) is 13.7. The molecule has 1 aliphatic heterocycles. The summed E-state index contributed by atoms with van der Waals surface area (Å²) < 4.78 is 42.9. The van der Waals surface area contributed by atoms with Gasteiger partial charge in [0.2, 0.25) is 0 Å². The van der Waals surface area contributed by atoms with Crippen molar-refractivity contribution in [2.75, 3.05) is 13.1 Å². The molecule has 0 saturated carbocycles. The van der Waals surface area contributed by atoms with Gasteiger partial charge in [-0.15, -0.1) is 0 Å². The average molecular weight is 459 g/mol. The molecule has 2 aromatic carbocycles. The number of nitrogens with zero attached hydrogens (tertiary/aromatic N) is 1. The molecule has 0 atom stereocenters. The van der Waals surface area contributed by atoms with Crippen LogP contribution in [0.15, 0.2) is 30.3 Å². The number of benzene rings is 2. The van der Waals surface area contributed by atoms with Gasteiger partial charge in [-0.1, -0.05) is 13.0 Å². The van der Waals surface area contributed by atoms with Crippen LogP contribution in [0.4, 0.5) is 13.2 Å². The van der Waals surface area contributed by atoms with E-state index in [2.05, 4.69) is 6.92 Å². The summed E-state index contributed by atoms with van der Waals surface area (Å²) in [6, 6.07) is 6.80. The van der Waals surface area contributed by atoms with Crippen LogP contribution in [0.25, 0.3) is 0 Å². The summed E-state index contributed by atoms with van der Waals surface area (Å²) >= 11 is 1.97. The number of amides is 1. The highest BCUT2D eigenvalue weighted by molar-refractivity contribution is 14.1. The molecule has 6 heteroatoms. The third-order valence-corrected chi connectivity index (χ3v) is 5.30. The summed E-state index contributed by atoms with van der Waals surface area (Å²) in [5.74, 6) is -2.50. The summed E-state index contributed by atoms with van der Waals surface area (Å²) in [5, 5.41) is 0. The first-order valence-electron chi connectivity index (χ1n) is 8.10. The predicted molar refractivity (Wildman–Crippen MR) is 98.0 cm³/mol. The Kier molecular flexibility index (Phi) is 5.36. The number of rotatable bonds is 4. The topological polar surface area (TPSA) is 20.3 Å². The van der Waals surface area contributed by atoms with Crippen molar-refractivity contribution in [1.82, 2.24) is 4.90 Å². The molecule has 0 bridgehead atoms. The number of hydrogen-bond acceptors (Lipinski definition) is 1. The fourth-order valence-electron chi connectivity index (χ4n) is 2.99. The molecule has 3 rings (SSSR count). The lowest BCUT2D eigenvalue weighted by Crippen LogP contribution is -2.49. The summed E-state index contributed by atoms with van der Waals surface area (Å²) in [6.45, 7) is 3.28. The van der Waals surface area contributed by atoms with Gasteiger partial charge in [-0.25, -0.2) is 13.2 Å². The van der Waals surface area contributed by atoms with Gasteiger partial charge in [0, 0.05) is 34.2 Å². The van der Waals surface area contributed by atoms with Gasteiger partial charge < -0.3 is 4.90 Å². The molecule has 0 aromatic heterocycles. The first-order chi connectivity index (χ1) is 11.9. The lowest BCUT2D eigenvalue weighted by Gasteiger charge is -2.39. The van der Waals surface area contributed by atoms with E-state index in [0.717, 1.165) is 12.5 Å². The Morgan fingerprint density at radius 1 is 1.16 bits per heavy atom. The Morgan fingerprint density at radius 3 is 2.52 bits per heavy atom. The van der Waals surface area contributed by atoms with Gasteiger partial charge in [0.1, 0.15) is 5.82 Å². The van der Waals surface area contributed by atoms with E-state index >= 15 is 0 Å². The molecule has 0 radical (unpaired) electrons. The predicted octanol–water partition coefficient (Wildman–Crippen LogP) is 4.78. The lowest BCUT2D eigenvalue weighted by atomic mass is 9.93. The van der Waals surface area contributed by atoms with Crippen molar-refractivity contribution < 1.29 is 18.0 Å². The normalized spacial score (nSPS) is 14.5. The highest BCUT2D eigenvalue weighted by atomic mass is 127. The van der Waals surface area contributed by atoms with Crippen molar-refractivity contribution in [2.24, 2.45) is 5.92 Å². The average Bonchev–Trinajstić information content (AvgIpc) is 2.53. The molecule has 1 heterocycles. The van der Waals surface area contributed by atoms with Crippen molar-refractivity contribution in [3.8, 4) is 0 Å². The molecule has 2 nitrogen and oxygen atoms in total. The number of hydrogen-bond donors (Lipinski definition) is 0. The molecule has 1 aliphatic rings. The minimum absolute atomic E-state index is 0.0925. The summed E-state index contributed by atoms with van der Waals surface area (Å²) in [7, 11) is 0. The van der Waals surface area contributed by atoms with Crippen LogP contribution < -0.4 is 0 Å². The largest absolute Gasteiger partial charge is 0.338 e. The first-order valence-corrected chi connectivity index (χ1v) is 9.18. The maximum absolute atomic E-state index is 14.4. The molecule has 1 saturated heterocycles. The van der Waals surface area contributed by atoms with Crippen LogP contribution in [0.1, 0.15) is 34.8 Å². The number of carbonyl (C=O) groups is 1. The van der Waals surface area contributed by atoms with Crippen LogP contribution in [0.5, 0.6) is 0 Å². The third-order valence-electron chi connectivity index (χ3n) is 4.63. The van der Waals surface area contributed by atoms with Crippen molar-refractivity contribution in [3.63, 3.8) is 0 Å². The molecular weight excluding hydrogens is 442 g/mol. The van der Waals surface area contributed by atoms with E-state index in [9.17, 15) is 18.0 Å². The molecule has 1 fully saturated rings. The third kappa shape index (κ3) is 3.68. The van der Waals surface area contributed by atoms with E-state index in [-0.39, 0.29) is 29.0 Å². The van der Waals surface area contributed by atoms with Gasteiger partial charge >= 0.3 is 0 Å². The number of likely N-dealkylation sites (tertiary alicyclic amines) is 1. The second kappa shape index (κ2) is 7.35. The quantitative estimate of drug-likeness (QED) is 0.603. The molecule has 132 valence electrons. The fraction of sp³-hybridized carbons (Fsp3) is 0.316. The van der Waals surface area contributed by atoms with Gasteiger partial charge in [-0.05, 0) is 64.8 Å². The zero-order chi connectivity index (χ0) is 18.1. The van der Waals surface area contributed by atoms with E-state index in [4.69, 9.17) is 0 Å². The fourth-order valence-corrected chi connectivity index (χ4v) is 3.44. The Bertz CT molecular complexity index is 819. The van der Waals surface area contributed by atoms with Crippen molar-refractivity contribution >= 4 is 28.5 Å². The van der Waals surface area contributed by atoms with Gasteiger partial charge in [0.05, 0.1) is 0 Å². The minimum atomic E-state index is -1.09. The second-order valence-electron chi connectivity index (χ2n) is 6.28. The molecule has 0 spiro atoms. The van der Waals surface area contributed by atoms with Crippen molar-refractivity contribution in [2.45, 2.75) is 19.8 Å². The minimum Gasteiger partial charge on any atom is -0.338 e. The van der Waals surface area contributed by atoms with Gasteiger partial charge in [0.15, 0.2) is 11.6 Å². The van der Waals surface area contributed by atoms with Crippen LogP contribution in [0.2, 0.25) is 0 Å². The Balaban J connectivity index is 1.94. The van der Waals surface area contributed by atoms with E-state index in [1.54, 1.807) is 11.0 Å². The maximum atomic E-state index is 14.4. The highest BCUT2D eigenvalue weighted by Crippen LogP contribution is 2.27. The first kappa shape index (κ1) is 18.2. The molecule has 1 amide bonds. The SMILES string of the molecule is CCC1CN(C(=O)c2ccc(F)c(F)c2Cc2ccc(I)cc2F)C1. The summed E-state index contributed by atoms with van der Waals surface area (Å²) in [6.07, 6.45) is 0.806. The van der Waals surface area contributed by atoms with E-state index in [1.807, 2.05) is 22.6 Å². The Hall–Kier alpha value is -1.57. The van der Waals surface area contributed by atoms with Gasteiger partial charge in [0.25, 0.3) is 5.91 Å². The standard InChI is InChI=1S/C19H17F3INO/c1-2-11-9-24(10-11)19(25)14-5-6-16(20)18(22)15(14)7-12-3-4-13(23)8-17(12)21/h3-6,8,11H,2,7,9-10H2,1H3. The van der Waals surface area contributed by atoms with E-state index in [1.165, 1.54) is 18.2 Å². The van der Waals surface area contributed by atoms with Crippen LogP contribution in [0.3, 0.4) is 0 Å². The van der Waals surface area contributed by atoms with Crippen LogP contribution >= 0.6 is 22.6 Å². The van der Waals surface area contributed by atoms with Crippen LogP contribution in [0, 0.1) is 26.9 Å². The number of carbonyl (C=O) groups excluding carboxylic acids is 1. The summed E-state index contributed by atoms with van der Waals surface area (Å²) in [5.41, 5.74) is 0.241. The maximum Gasteiger partial charge on any atom is 0.254 e. The Labute approximate surface area is 158 Å². The van der Waals surface area contributed by atoms with E-state index in [0.29, 0.717) is 22.6 Å². The van der Waals surface area contributed by atoms with E-state index < -0.39 is 17.5 Å². The van der Waals surface area contributed by atoms with Crippen LogP contribution in [-0.2, 0) is 6.42 Å². The zero-order valence-corrected chi connectivity index (χ0v) is 15.8. The molecule has 2 aromatic rings. The highest BCUT2D eigenvalue weighted by Gasteiger charge is 2.32. The Morgan fingerprint density at radius 2 is 1.88 bits per heavy atom. The smallest absolute Gasteiger partial charge is 0.254 e. The van der Waals surface area contributed by atoms with Crippen molar-refractivity contribution in [1.29, 1.82) is 0 Å². The molecule has 0 aliphatic carbocycles. The molecule has 0 unspecified atom stereocenters. The monoisotopic (exact) mass is 459 g/mol. The van der Waals surface area contributed by atoms with Gasteiger partial charge in [-0.2, -0.15) is 0 Å². The van der Waals surface area contributed by atoms with Gasteiger partial charge in [-0.3, -0.25) is 4.79 Å². The molecule has 25 heavy (non-hydrogen) atoms.